The lowest BCUT2D eigenvalue weighted by Crippen LogP contribution is -2.07. The topological polar surface area (TPSA) is 47.8 Å². The van der Waals surface area contributed by atoms with Crippen LogP contribution in [0.2, 0.25) is 0 Å². The predicted molar refractivity (Wildman–Crippen MR) is 73.0 cm³/mol. The summed E-state index contributed by atoms with van der Waals surface area (Å²) in [7, 11) is 0. The molecule has 0 aliphatic heterocycles. The average Bonchev–Trinajstić information content (AvgIpc) is 2.71. The maximum atomic E-state index is 11.0. The average molecular weight is 308 g/mol. The van der Waals surface area contributed by atoms with Crippen molar-refractivity contribution in [3.05, 3.63) is 40.1 Å². The Morgan fingerprint density at radius 2 is 2.22 bits per heavy atom. The molecule has 0 N–H and O–H groups in total. The number of benzene rings is 1. The summed E-state index contributed by atoms with van der Waals surface area (Å²) < 4.78 is 2.70. The van der Waals surface area contributed by atoms with E-state index in [-0.39, 0.29) is 0 Å². The second-order valence-electron chi connectivity index (χ2n) is 4.53. The zero-order chi connectivity index (χ0) is 13.1. The highest BCUT2D eigenvalue weighted by Gasteiger charge is 2.15. The quantitative estimate of drug-likeness (QED) is 0.816. The molecule has 0 aliphatic rings. The highest BCUT2D eigenvalue weighted by atomic mass is 79.9. The minimum atomic E-state index is 0.420. The first-order chi connectivity index (χ1) is 8.61. The molecule has 0 atom stereocenters. The molecule has 0 saturated heterocycles. The minimum absolute atomic E-state index is 0.420. The van der Waals surface area contributed by atoms with Crippen molar-refractivity contribution in [1.29, 1.82) is 0 Å². The van der Waals surface area contributed by atoms with E-state index in [0.29, 0.717) is 11.6 Å². The van der Waals surface area contributed by atoms with Crippen LogP contribution in [0.25, 0.3) is 5.69 Å². The maximum Gasteiger partial charge on any atom is 0.172 e. The molecule has 0 unspecified atom stereocenters. The summed E-state index contributed by atoms with van der Waals surface area (Å²) >= 11 is 3.43. The van der Waals surface area contributed by atoms with Crippen LogP contribution >= 0.6 is 15.9 Å². The summed E-state index contributed by atoms with van der Waals surface area (Å²) in [6, 6.07) is 7.77. The third kappa shape index (κ3) is 2.67. The Bertz CT molecular complexity index is 563. The number of nitrogens with zero attached hydrogens (tertiary/aromatic N) is 3. The molecule has 0 radical (unpaired) electrons. The van der Waals surface area contributed by atoms with Gasteiger partial charge < -0.3 is 0 Å². The Balaban J connectivity index is 2.50. The number of halogens is 1. The van der Waals surface area contributed by atoms with Gasteiger partial charge in [0.05, 0.1) is 11.4 Å². The Labute approximate surface area is 114 Å². The molecule has 0 spiro atoms. The monoisotopic (exact) mass is 307 g/mol. The van der Waals surface area contributed by atoms with E-state index in [9.17, 15) is 4.79 Å². The molecule has 1 aromatic heterocycles. The van der Waals surface area contributed by atoms with E-state index in [2.05, 4.69) is 40.1 Å². The van der Waals surface area contributed by atoms with Gasteiger partial charge in [0.15, 0.2) is 6.29 Å². The molecule has 1 heterocycles. The molecule has 0 saturated carbocycles. The van der Waals surface area contributed by atoms with Crippen LogP contribution in [0.1, 0.15) is 30.0 Å². The SMILES string of the molecule is CC(C)Cc1c(C=O)nnn1-c1cccc(Br)c1. The molecule has 5 heteroatoms. The molecular weight excluding hydrogens is 294 g/mol. The second-order valence-corrected chi connectivity index (χ2v) is 5.44. The van der Waals surface area contributed by atoms with Gasteiger partial charge in [-0.05, 0) is 30.5 Å². The fourth-order valence-corrected chi connectivity index (χ4v) is 2.18. The van der Waals surface area contributed by atoms with Crippen LogP contribution < -0.4 is 0 Å². The number of hydrogen-bond donors (Lipinski definition) is 0. The van der Waals surface area contributed by atoms with Gasteiger partial charge in [0.2, 0.25) is 0 Å². The summed E-state index contributed by atoms with van der Waals surface area (Å²) in [4.78, 5) is 11.0. The van der Waals surface area contributed by atoms with E-state index in [1.807, 2.05) is 24.3 Å². The number of carbonyl (C=O) groups excluding carboxylic acids is 1. The molecule has 2 rings (SSSR count). The molecule has 2 aromatic rings. The summed E-state index contributed by atoms with van der Waals surface area (Å²) in [5.74, 6) is 0.438. The highest BCUT2D eigenvalue weighted by Crippen LogP contribution is 2.19. The van der Waals surface area contributed by atoms with Crippen LogP contribution in [-0.4, -0.2) is 21.3 Å². The minimum Gasteiger partial charge on any atom is -0.296 e. The third-order valence-corrected chi connectivity index (χ3v) is 3.05. The molecule has 18 heavy (non-hydrogen) atoms. The maximum absolute atomic E-state index is 11.0. The Kier molecular flexibility index (Phi) is 3.91. The summed E-state index contributed by atoms with van der Waals surface area (Å²) in [6.45, 7) is 4.21. The lowest BCUT2D eigenvalue weighted by atomic mass is 10.1. The van der Waals surface area contributed by atoms with Crippen molar-refractivity contribution in [2.75, 3.05) is 0 Å². The van der Waals surface area contributed by atoms with E-state index in [4.69, 9.17) is 0 Å². The van der Waals surface area contributed by atoms with Crippen molar-refractivity contribution < 1.29 is 4.79 Å². The van der Waals surface area contributed by atoms with Gasteiger partial charge in [-0.25, -0.2) is 4.68 Å². The Morgan fingerprint density at radius 3 is 2.83 bits per heavy atom. The van der Waals surface area contributed by atoms with Crippen LogP contribution in [0.5, 0.6) is 0 Å². The number of hydrogen-bond acceptors (Lipinski definition) is 3. The summed E-state index contributed by atoms with van der Waals surface area (Å²) in [5.41, 5.74) is 2.18. The van der Waals surface area contributed by atoms with Gasteiger partial charge in [-0.3, -0.25) is 4.79 Å². The molecule has 0 amide bonds. The number of aromatic nitrogens is 3. The summed E-state index contributed by atoms with van der Waals surface area (Å²) in [5, 5.41) is 7.99. The van der Waals surface area contributed by atoms with Gasteiger partial charge in [0.1, 0.15) is 5.69 Å². The molecule has 4 nitrogen and oxygen atoms in total. The van der Waals surface area contributed by atoms with Gasteiger partial charge in [-0.15, -0.1) is 5.10 Å². The first kappa shape index (κ1) is 13.0. The van der Waals surface area contributed by atoms with Crippen LogP contribution in [0.15, 0.2) is 28.7 Å². The van der Waals surface area contributed by atoms with Crippen molar-refractivity contribution in [2.24, 2.45) is 5.92 Å². The smallest absolute Gasteiger partial charge is 0.172 e. The van der Waals surface area contributed by atoms with E-state index < -0.39 is 0 Å². The van der Waals surface area contributed by atoms with Crippen molar-refractivity contribution in [3.63, 3.8) is 0 Å². The predicted octanol–water partition coefficient (Wildman–Crippen LogP) is 3.04. The van der Waals surface area contributed by atoms with Crippen molar-refractivity contribution in [2.45, 2.75) is 20.3 Å². The van der Waals surface area contributed by atoms with Gasteiger partial charge in [0.25, 0.3) is 0 Å². The molecule has 0 bridgehead atoms. The molecule has 1 aromatic carbocycles. The fourth-order valence-electron chi connectivity index (χ4n) is 1.80. The lowest BCUT2D eigenvalue weighted by Gasteiger charge is -2.09. The van der Waals surface area contributed by atoms with Gasteiger partial charge in [-0.2, -0.15) is 0 Å². The Morgan fingerprint density at radius 1 is 1.44 bits per heavy atom. The number of carbonyl (C=O) groups is 1. The normalized spacial score (nSPS) is 10.9. The van der Waals surface area contributed by atoms with Crippen molar-refractivity contribution in [3.8, 4) is 5.69 Å². The molecular formula is C13H14BrN3O. The van der Waals surface area contributed by atoms with E-state index in [1.54, 1.807) is 4.68 Å². The van der Waals surface area contributed by atoms with Gasteiger partial charge >= 0.3 is 0 Å². The zero-order valence-electron chi connectivity index (χ0n) is 10.3. The van der Waals surface area contributed by atoms with Crippen LogP contribution in [-0.2, 0) is 6.42 Å². The van der Waals surface area contributed by atoms with Crippen LogP contribution in [0.3, 0.4) is 0 Å². The molecule has 0 aliphatic carbocycles. The van der Waals surface area contributed by atoms with Gasteiger partial charge in [-0.1, -0.05) is 41.1 Å². The molecule has 94 valence electrons. The first-order valence-electron chi connectivity index (χ1n) is 5.77. The van der Waals surface area contributed by atoms with Crippen LogP contribution in [0.4, 0.5) is 0 Å². The second kappa shape index (κ2) is 5.44. The van der Waals surface area contributed by atoms with Crippen molar-refractivity contribution >= 4 is 22.2 Å². The fraction of sp³-hybridized carbons (Fsp3) is 0.308. The Hall–Kier alpha value is -1.49. The number of rotatable bonds is 4. The molecule has 0 fully saturated rings. The lowest BCUT2D eigenvalue weighted by molar-refractivity contribution is 0.111. The zero-order valence-corrected chi connectivity index (χ0v) is 11.9. The van der Waals surface area contributed by atoms with E-state index in [1.165, 1.54) is 0 Å². The van der Waals surface area contributed by atoms with Gasteiger partial charge in [0, 0.05) is 4.47 Å². The van der Waals surface area contributed by atoms with Crippen LogP contribution in [0, 0.1) is 5.92 Å². The van der Waals surface area contributed by atoms with E-state index in [0.717, 1.165) is 28.6 Å². The highest BCUT2D eigenvalue weighted by molar-refractivity contribution is 9.10. The summed E-state index contributed by atoms with van der Waals surface area (Å²) in [6.07, 6.45) is 1.53. The third-order valence-electron chi connectivity index (χ3n) is 2.56. The largest absolute Gasteiger partial charge is 0.296 e. The first-order valence-corrected chi connectivity index (χ1v) is 6.57. The van der Waals surface area contributed by atoms with Crippen molar-refractivity contribution in [1.82, 2.24) is 15.0 Å². The number of aldehydes is 1. The standard InChI is InChI=1S/C13H14BrN3O/c1-9(2)6-13-12(8-18)15-16-17(13)11-5-3-4-10(14)7-11/h3-5,7-9H,6H2,1-2H3. The van der Waals surface area contributed by atoms with E-state index >= 15 is 0 Å².